The van der Waals surface area contributed by atoms with Crippen LogP contribution in [0, 0.1) is 0 Å². The lowest BCUT2D eigenvalue weighted by molar-refractivity contribution is 0.201. The van der Waals surface area contributed by atoms with Crippen LogP contribution in [0.2, 0.25) is 5.02 Å². The normalized spacial score (nSPS) is 15.9. The summed E-state index contributed by atoms with van der Waals surface area (Å²) in [5.74, 6) is 1.39. The van der Waals surface area contributed by atoms with Gasteiger partial charge in [-0.25, -0.2) is 0 Å². The van der Waals surface area contributed by atoms with Crippen molar-refractivity contribution >= 4 is 22.6 Å². The summed E-state index contributed by atoms with van der Waals surface area (Å²) in [6.45, 7) is 1.23. The van der Waals surface area contributed by atoms with Gasteiger partial charge in [0.25, 0.3) is 0 Å². The largest absolute Gasteiger partial charge is 0.493 e. The van der Waals surface area contributed by atoms with E-state index in [1.807, 2.05) is 54.6 Å². The van der Waals surface area contributed by atoms with E-state index in [-0.39, 0.29) is 11.5 Å². The zero-order valence-electron chi connectivity index (χ0n) is 18.5. The van der Waals surface area contributed by atoms with Gasteiger partial charge in [-0.15, -0.1) is 0 Å². The van der Waals surface area contributed by atoms with Crippen molar-refractivity contribution in [2.45, 2.75) is 19.0 Å². The SMILES string of the molecule is COc1cc2c(cc1OC)C(c1cccc(Cl)c1)N(Cc1coc3ccccc3c1=O)CC2. The van der Waals surface area contributed by atoms with Crippen molar-refractivity contribution in [3.63, 3.8) is 0 Å². The number of nitrogens with zero attached hydrogens (tertiary/aromatic N) is 1. The molecule has 5 nitrogen and oxygen atoms in total. The molecular weight excluding hydrogens is 438 g/mol. The van der Waals surface area contributed by atoms with Crippen LogP contribution < -0.4 is 14.9 Å². The molecule has 6 heteroatoms. The monoisotopic (exact) mass is 461 g/mol. The highest BCUT2D eigenvalue weighted by Gasteiger charge is 2.31. The summed E-state index contributed by atoms with van der Waals surface area (Å²) >= 11 is 6.37. The van der Waals surface area contributed by atoms with Crippen molar-refractivity contribution in [1.82, 2.24) is 4.90 Å². The lowest BCUT2D eigenvalue weighted by atomic mass is 9.87. The second-order valence-electron chi connectivity index (χ2n) is 8.17. The van der Waals surface area contributed by atoms with Crippen LogP contribution in [0.25, 0.3) is 11.0 Å². The molecule has 5 rings (SSSR count). The van der Waals surface area contributed by atoms with E-state index in [2.05, 4.69) is 11.0 Å². The molecule has 1 unspecified atom stereocenters. The number of hydrogen-bond acceptors (Lipinski definition) is 5. The number of hydrogen-bond donors (Lipinski definition) is 0. The number of halogens is 1. The first kappa shape index (κ1) is 21.6. The molecule has 0 fully saturated rings. The molecule has 1 atom stereocenters. The number of para-hydroxylation sites is 1. The van der Waals surface area contributed by atoms with Crippen LogP contribution in [-0.4, -0.2) is 25.7 Å². The number of benzene rings is 3. The molecule has 0 spiro atoms. The predicted molar refractivity (Wildman–Crippen MR) is 129 cm³/mol. The molecule has 4 aromatic rings. The van der Waals surface area contributed by atoms with Crippen LogP contribution in [0.1, 0.15) is 28.3 Å². The van der Waals surface area contributed by atoms with Crippen LogP contribution >= 0.6 is 11.6 Å². The van der Waals surface area contributed by atoms with Crippen molar-refractivity contribution < 1.29 is 13.9 Å². The highest BCUT2D eigenvalue weighted by Crippen LogP contribution is 2.41. The Morgan fingerprint density at radius 2 is 1.82 bits per heavy atom. The standard InChI is InChI=1S/C27H24ClNO4/c1-31-24-13-17-10-11-29(15-19-16-33-23-9-4-3-8-21(23)27(19)30)26(22(17)14-25(24)32-2)18-6-5-7-20(28)12-18/h3-9,12-14,16,26H,10-11,15H2,1-2H3. The van der Waals surface area contributed by atoms with Crippen LogP contribution in [0.4, 0.5) is 0 Å². The third kappa shape index (κ3) is 3.99. The number of ether oxygens (including phenoxy) is 2. The summed E-state index contributed by atoms with van der Waals surface area (Å²) in [6, 6.07) is 19.2. The van der Waals surface area contributed by atoms with Gasteiger partial charge < -0.3 is 13.9 Å². The number of methoxy groups -OCH3 is 2. The van der Waals surface area contributed by atoms with Crippen LogP contribution in [0.3, 0.4) is 0 Å². The smallest absolute Gasteiger partial charge is 0.197 e. The molecule has 0 saturated heterocycles. The van der Waals surface area contributed by atoms with Crippen LogP contribution in [0.5, 0.6) is 11.5 Å². The molecule has 1 aliphatic rings. The fourth-order valence-electron chi connectivity index (χ4n) is 4.68. The van der Waals surface area contributed by atoms with E-state index in [0.717, 1.165) is 24.1 Å². The van der Waals surface area contributed by atoms with Crippen molar-refractivity contribution in [2.75, 3.05) is 20.8 Å². The summed E-state index contributed by atoms with van der Waals surface area (Å²) < 4.78 is 16.9. The van der Waals surface area contributed by atoms with E-state index in [0.29, 0.717) is 39.6 Å². The van der Waals surface area contributed by atoms with E-state index < -0.39 is 0 Å². The second kappa shape index (κ2) is 8.93. The molecule has 0 radical (unpaired) electrons. The molecule has 3 aromatic carbocycles. The molecule has 168 valence electrons. The van der Waals surface area contributed by atoms with Crippen molar-refractivity contribution in [2.24, 2.45) is 0 Å². The van der Waals surface area contributed by atoms with Gasteiger partial charge in [0.2, 0.25) is 0 Å². The Morgan fingerprint density at radius 1 is 1.03 bits per heavy atom. The summed E-state index contributed by atoms with van der Waals surface area (Å²) in [5, 5.41) is 1.27. The highest BCUT2D eigenvalue weighted by molar-refractivity contribution is 6.30. The fraction of sp³-hybridized carbons (Fsp3) is 0.222. The maximum absolute atomic E-state index is 13.2. The van der Waals surface area contributed by atoms with Gasteiger partial charge in [-0.05, 0) is 59.5 Å². The van der Waals surface area contributed by atoms with Gasteiger partial charge in [-0.3, -0.25) is 9.69 Å². The molecule has 2 heterocycles. The van der Waals surface area contributed by atoms with E-state index in [9.17, 15) is 4.79 Å². The Balaban J connectivity index is 1.62. The maximum atomic E-state index is 13.2. The quantitative estimate of drug-likeness (QED) is 0.386. The third-order valence-electron chi connectivity index (χ3n) is 6.26. The summed E-state index contributed by atoms with van der Waals surface area (Å²) in [7, 11) is 3.28. The van der Waals surface area contributed by atoms with Gasteiger partial charge >= 0.3 is 0 Å². The number of rotatable bonds is 5. The van der Waals surface area contributed by atoms with Crippen molar-refractivity contribution in [1.29, 1.82) is 0 Å². The van der Waals surface area contributed by atoms with Gasteiger partial charge in [0, 0.05) is 23.7 Å². The minimum atomic E-state index is -0.0990. The molecule has 33 heavy (non-hydrogen) atoms. The molecule has 0 bridgehead atoms. The van der Waals surface area contributed by atoms with E-state index in [4.69, 9.17) is 25.5 Å². The molecule has 0 aliphatic carbocycles. The molecule has 0 amide bonds. The Bertz CT molecular complexity index is 1380. The van der Waals surface area contributed by atoms with Gasteiger partial charge in [0.1, 0.15) is 5.58 Å². The minimum absolute atomic E-state index is 0.000183. The zero-order valence-corrected chi connectivity index (χ0v) is 19.3. The lowest BCUT2D eigenvalue weighted by Gasteiger charge is -2.38. The maximum Gasteiger partial charge on any atom is 0.197 e. The first-order valence-corrected chi connectivity index (χ1v) is 11.2. The first-order valence-electron chi connectivity index (χ1n) is 10.8. The minimum Gasteiger partial charge on any atom is -0.493 e. The fourth-order valence-corrected chi connectivity index (χ4v) is 4.88. The predicted octanol–water partition coefficient (Wildman–Crippen LogP) is 5.61. The Morgan fingerprint density at radius 3 is 2.61 bits per heavy atom. The van der Waals surface area contributed by atoms with E-state index >= 15 is 0 Å². The lowest BCUT2D eigenvalue weighted by Crippen LogP contribution is -2.37. The van der Waals surface area contributed by atoms with Gasteiger partial charge in [-0.2, -0.15) is 0 Å². The third-order valence-corrected chi connectivity index (χ3v) is 6.50. The first-order chi connectivity index (χ1) is 16.1. The highest BCUT2D eigenvalue weighted by atomic mass is 35.5. The summed E-state index contributed by atoms with van der Waals surface area (Å²) in [6.07, 6.45) is 2.41. The van der Waals surface area contributed by atoms with E-state index in [1.165, 1.54) is 5.56 Å². The summed E-state index contributed by atoms with van der Waals surface area (Å²) in [4.78, 5) is 15.5. The Kier molecular flexibility index (Phi) is 5.83. The topological polar surface area (TPSA) is 51.9 Å². The molecule has 1 aromatic heterocycles. The van der Waals surface area contributed by atoms with Crippen molar-refractivity contribution in [3.05, 3.63) is 104 Å². The molecule has 1 aliphatic heterocycles. The van der Waals surface area contributed by atoms with Crippen molar-refractivity contribution in [3.8, 4) is 11.5 Å². The molecule has 0 N–H and O–H groups in total. The average molecular weight is 462 g/mol. The Labute approximate surface area is 197 Å². The van der Waals surface area contributed by atoms with Gasteiger partial charge in [0.05, 0.1) is 31.9 Å². The number of fused-ring (bicyclic) bond motifs is 2. The zero-order chi connectivity index (χ0) is 22.9. The second-order valence-corrected chi connectivity index (χ2v) is 8.61. The average Bonchev–Trinajstić information content (AvgIpc) is 2.84. The van der Waals surface area contributed by atoms with Gasteiger partial charge in [0.15, 0.2) is 16.9 Å². The van der Waals surface area contributed by atoms with Crippen LogP contribution in [0.15, 0.2) is 76.1 Å². The van der Waals surface area contributed by atoms with Gasteiger partial charge in [-0.1, -0.05) is 35.9 Å². The van der Waals surface area contributed by atoms with Crippen LogP contribution in [-0.2, 0) is 13.0 Å². The molecular formula is C27H24ClNO4. The van der Waals surface area contributed by atoms with E-state index in [1.54, 1.807) is 20.5 Å². The Hall–Kier alpha value is -3.28. The molecule has 0 saturated carbocycles. The summed E-state index contributed by atoms with van der Waals surface area (Å²) in [5.41, 5.74) is 4.59.